The maximum absolute atomic E-state index is 5.60. The number of hydrogen-bond donors (Lipinski definition) is 0. The van der Waals surface area contributed by atoms with E-state index >= 15 is 0 Å². The second-order valence-corrected chi connectivity index (χ2v) is 6.48. The minimum Gasteiger partial charge on any atom is -0.361 e. The van der Waals surface area contributed by atoms with Crippen molar-refractivity contribution in [3.63, 3.8) is 0 Å². The molecule has 1 aliphatic rings. The first-order valence-corrected chi connectivity index (χ1v) is 8.62. The molecule has 25 heavy (non-hydrogen) atoms. The molecule has 1 atom stereocenters. The molecule has 0 unspecified atom stereocenters. The van der Waals surface area contributed by atoms with Crippen molar-refractivity contribution in [1.29, 1.82) is 0 Å². The third-order valence-electron chi connectivity index (χ3n) is 4.80. The van der Waals surface area contributed by atoms with E-state index in [4.69, 9.17) is 9.05 Å². The molecule has 0 aromatic carbocycles. The van der Waals surface area contributed by atoms with Crippen LogP contribution >= 0.6 is 0 Å². The third-order valence-corrected chi connectivity index (χ3v) is 4.80. The minimum atomic E-state index is 0.125. The highest BCUT2D eigenvalue weighted by Gasteiger charge is 2.30. The summed E-state index contributed by atoms with van der Waals surface area (Å²) in [5.74, 6) is 2.14. The molecule has 0 N–H and O–H groups in total. The molecule has 0 bridgehead atoms. The first kappa shape index (κ1) is 16.0. The van der Waals surface area contributed by atoms with Crippen molar-refractivity contribution in [3.8, 4) is 11.4 Å². The molecule has 0 spiro atoms. The van der Waals surface area contributed by atoms with Gasteiger partial charge in [-0.1, -0.05) is 16.7 Å². The van der Waals surface area contributed by atoms with Crippen LogP contribution in [0, 0.1) is 13.8 Å². The Balaban J connectivity index is 1.58. The maximum Gasteiger partial charge on any atom is 0.244 e. The van der Waals surface area contributed by atoms with Gasteiger partial charge in [0.25, 0.3) is 0 Å². The van der Waals surface area contributed by atoms with Crippen molar-refractivity contribution < 1.29 is 9.05 Å². The fourth-order valence-electron chi connectivity index (χ4n) is 3.37. The van der Waals surface area contributed by atoms with Gasteiger partial charge >= 0.3 is 0 Å². The summed E-state index contributed by atoms with van der Waals surface area (Å²) in [6, 6.07) is 3.93. The van der Waals surface area contributed by atoms with E-state index in [9.17, 15) is 0 Å². The molecule has 0 radical (unpaired) electrons. The van der Waals surface area contributed by atoms with Crippen LogP contribution in [0.1, 0.15) is 48.2 Å². The highest BCUT2D eigenvalue weighted by atomic mass is 16.5. The largest absolute Gasteiger partial charge is 0.361 e. The average molecular weight is 339 g/mol. The minimum absolute atomic E-state index is 0.125. The van der Waals surface area contributed by atoms with Crippen LogP contribution in [0.2, 0.25) is 0 Å². The maximum atomic E-state index is 5.60. The van der Waals surface area contributed by atoms with Gasteiger partial charge in [0, 0.05) is 30.1 Å². The molecule has 4 rings (SSSR count). The molecule has 3 aromatic rings. The normalized spacial score (nSPS) is 18.6. The third kappa shape index (κ3) is 3.19. The topological polar surface area (TPSA) is 81.1 Å². The molecule has 3 aromatic heterocycles. The van der Waals surface area contributed by atoms with Crippen molar-refractivity contribution in [2.45, 2.75) is 45.7 Å². The van der Waals surface area contributed by atoms with E-state index in [1.807, 2.05) is 26.0 Å². The van der Waals surface area contributed by atoms with Gasteiger partial charge < -0.3 is 9.05 Å². The zero-order valence-corrected chi connectivity index (χ0v) is 14.5. The summed E-state index contributed by atoms with van der Waals surface area (Å²) in [4.78, 5) is 11.1. The SMILES string of the molecule is Cc1noc(C)c1CN1CCCC[C@@H]1c1nc(-c2cccnc2)no1. The summed E-state index contributed by atoms with van der Waals surface area (Å²) in [5, 5.41) is 8.21. The lowest BCUT2D eigenvalue weighted by atomic mass is 10.0. The van der Waals surface area contributed by atoms with Gasteiger partial charge in [0.05, 0.1) is 11.7 Å². The van der Waals surface area contributed by atoms with Crippen LogP contribution in [0.5, 0.6) is 0 Å². The van der Waals surface area contributed by atoms with Gasteiger partial charge in [-0.25, -0.2) is 0 Å². The summed E-state index contributed by atoms with van der Waals surface area (Å²) < 4.78 is 10.9. The lowest BCUT2D eigenvalue weighted by Crippen LogP contribution is -2.33. The first-order chi connectivity index (χ1) is 12.2. The van der Waals surface area contributed by atoms with Gasteiger partial charge in [-0.05, 0) is 45.4 Å². The number of aromatic nitrogens is 4. The Morgan fingerprint density at radius 3 is 2.88 bits per heavy atom. The van der Waals surface area contributed by atoms with Crippen molar-refractivity contribution in [3.05, 3.63) is 47.4 Å². The molecule has 1 aliphatic heterocycles. The van der Waals surface area contributed by atoms with E-state index in [0.29, 0.717) is 11.7 Å². The zero-order chi connectivity index (χ0) is 17.2. The van der Waals surface area contributed by atoms with Gasteiger partial charge in [0.2, 0.25) is 11.7 Å². The van der Waals surface area contributed by atoms with E-state index < -0.39 is 0 Å². The van der Waals surface area contributed by atoms with Gasteiger partial charge in [0.1, 0.15) is 5.76 Å². The molecule has 7 nitrogen and oxygen atoms in total. The highest BCUT2D eigenvalue weighted by Crippen LogP contribution is 2.33. The monoisotopic (exact) mass is 339 g/mol. The van der Waals surface area contributed by atoms with E-state index in [-0.39, 0.29) is 6.04 Å². The van der Waals surface area contributed by atoms with Gasteiger partial charge in [0.15, 0.2) is 0 Å². The fourth-order valence-corrected chi connectivity index (χ4v) is 3.37. The number of rotatable bonds is 4. The average Bonchev–Trinajstić information content (AvgIpc) is 3.26. The molecule has 1 fully saturated rings. The van der Waals surface area contributed by atoms with Gasteiger partial charge in [-0.2, -0.15) is 4.98 Å². The molecule has 4 heterocycles. The summed E-state index contributed by atoms with van der Waals surface area (Å²) >= 11 is 0. The van der Waals surface area contributed by atoms with Crippen molar-refractivity contribution in [2.24, 2.45) is 0 Å². The molecule has 1 saturated heterocycles. The predicted octanol–water partition coefficient (Wildman–Crippen LogP) is 3.46. The Kier molecular flexibility index (Phi) is 4.31. The molecular formula is C18H21N5O2. The molecule has 7 heteroatoms. The molecular weight excluding hydrogens is 318 g/mol. The predicted molar refractivity (Wildman–Crippen MR) is 90.5 cm³/mol. The van der Waals surface area contributed by atoms with E-state index in [2.05, 4.69) is 25.2 Å². The van der Waals surface area contributed by atoms with Crippen LogP contribution in [0.15, 0.2) is 33.6 Å². The van der Waals surface area contributed by atoms with Gasteiger partial charge in [-0.3, -0.25) is 9.88 Å². The number of aryl methyl sites for hydroxylation is 2. The van der Waals surface area contributed by atoms with Crippen molar-refractivity contribution in [1.82, 2.24) is 25.2 Å². The van der Waals surface area contributed by atoms with Crippen LogP contribution in [0.4, 0.5) is 0 Å². The van der Waals surface area contributed by atoms with Crippen molar-refractivity contribution >= 4 is 0 Å². The Morgan fingerprint density at radius 1 is 1.20 bits per heavy atom. The second-order valence-electron chi connectivity index (χ2n) is 6.48. The summed E-state index contributed by atoms with van der Waals surface area (Å²) in [7, 11) is 0. The molecule has 0 amide bonds. The van der Waals surface area contributed by atoms with E-state index in [1.54, 1.807) is 12.4 Å². The summed E-state index contributed by atoms with van der Waals surface area (Å²) in [6.45, 7) is 5.73. The fraction of sp³-hybridized carbons (Fsp3) is 0.444. The second kappa shape index (κ2) is 6.76. The quantitative estimate of drug-likeness (QED) is 0.720. The summed E-state index contributed by atoms with van der Waals surface area (Å²) in [6.07, 6.45) is 6.82. The summed E-state index contributed by atoms with van der Waals surface area (Å²) in [5.41, 5.74) is 2.97. The van der Waals surface area contributed by atoms with Gasteiger partial charge in [-0.15, -0.1) is 0 Å². The lowest BCUT2D eigenvalue weighted by Gasteiger charge is -2.33. The number of likely N-dealkylation sites (tertiary alicyclic amines) is 1. The first-order valence-electron chi connectivity index (χ1n) is 8.62. The Labute approximate surface area is 146 Å². The van der Waals surface area contributed by atoms with Crippen LogP contribution in [-0.2, 0) is 6.54 Å². The Morgan fingerprint density at radius 2 is 2.12 bits per heavy atom. The number of pyridine rings is 1. The van der Waals surface area contributed by atoms with Crippen LogP contribution in [0.3, 0.4) is 0 Å². The Bertz CT molecular complexity index is 823. The van der Waals surface area contributed by atoms with E-state index in [0.717, 1.165) is 48.5 Å². The molecule has 0 aliphatic carbocycles. The van der Waals surface area contributed by atoms with Crippen LogP contribution in [0.25, 0.3) is 11.4 Å². The number of hydrogen-bond acceptors (Lipinski definition) is 7. The van der Waals surface area contributed by atoms with E-state index in [1.165, 1.54) is 6.42 Å². The molecule has 130 valence electrons. The Hall–Kier alpha value is -2.54. The number of nitrogens with zero attached hydrogens (tertiary/aromatic N) is 5. The van der Waals surface area contributed by atoms with Crippen molar-refractivity contribution in [2.75, 3.05) is 6.54 Å². The van der Waals surface area contributed by atoms with Crippen LogP contribution < -0.4 is 0 Å². The molecule has 0 saturated carbocycles. The van der Waals surface area contributed by atoms with Crippen LogP contribution in [-0.4, -0.2) is 31.7 Å². The smallest absolute Gasteiger partial charge is 0.244 e. The lowest BCUT2D eigenvalue weighted by molar-refractivity contribution is 0.111. The number of piperidine rings is 1. The zero-order valence-electron chi connectivity index (χ0n) is 14.5. The highest BCUT2D eigenvalue weighted by molar-refractivity contribution is 5.51. The standard InChI is InChI=1S/C18H21N5O2/c1-12-15(13(2)24-21-12)11-23-9-4-3-7-16(23)18-20-17(22-25-18)14-6-5-8-19-10-14/h5-6,8,10,16H,3-4,7,9,11H2,1-2H3/t16-/m1/s1.